The maximum Gasteiger partial charge on any atom is 0.251 e. The van der Waals surface area contributed by atoms with E-state index in [4.69, 9.17) is 22.1 Å². The number of benzene rings is 1. The smallest absolute Gasteiger partial charge is 0.251 e. The van der Waals surface area contributed by atoms with E-state index in [-0.39, 0.29) is 5.91 Å². The molecule has 0 atom stereocenters. The van der Waals surface area contributed by atoms with Crippen molar-refractivity contribution in [2.45, 2.75) is 12.8 Å². The van der Waals surface area contributed by atoms with Gasteiger partial charge in [0.25, 0.3) is 5.91 Å². The molecule has 0 unspecified atom stereocenters. The summed E-state index contributed by atoms with van der Waals surface area (Å²) in [5.74, 6) is -0.156. The number of amides is 1. The molecular weight excluding hydrogens is 240 g/mol. The quantitative estimate of drug-likeness (QED) is 0.605. The number of halogens is 1. The Kier molecular flexibility index (Phi) is 5.80. The molecule has 0 saturated carbocycles. The molecule has 1 aromatic carbocycles. The molecule has 0 spiro atoms. The van der Waals surface area contributed by atoms with E-state index < -0.39 is 0 Å². The number of ether oxygens (including phenoxy) is 1. The minimum absolute atomic E-state index is 0.156. The van der Waals surface area contributed by atoms with E-state index in [1.807, 2.05) is 0 Å². The molecule has 0 fully saturated rings. The lowest BCUT2D eigenvalue weighted by Crippen LogP contribution is -2.24. The van der Waals surface area contributed by atoms with E-state index in [1.54, 1.807) is 25.3 Å². The highest BCUT2D eigenvalue weighted by atomic mass is 35.5. The summed E-state index contributed by atoms with van der Waals surface area (Å²) >= 11 is 5.82. The summed E-state index contributed by atoms with van der Waals surface area (Å²) in [6.45, 7) is 1.33. The van der Waals surface area contributed by atoms with Crippen LogP contribution >= 0.6 is 11.6 Å². The summed E-state index contributed by atoms with van der Waals surface area (Å²) in [6.07, 6.45) is 1.81. The Bertz CT molecular complexity index is 363. The second-order valence-electron chi connectivity index (χ2n) is 3.73. The van der Waals surface area contributed by atoms with Crippen LogP contribution in [0.5, 0.6) is 0 Å². The van der Waals surface area contributed by atoms with Gasteiger partial charge in [0.05, 0.1) is 0 Å². The van der Waals surface area contributed by atoms with E-state index in [0.29, 0.717) is 29.4 Å². The first-order valence-electron chi connectivity index (χ1n) is 5.46. The summed E-state index contributed by atoms with van der Waals surface area (Å²) in [5.41, 5.74) is 6.59. The molecule has 1 aromatic rings. The molecule has 1 amide bonds. The number of nitrogen functional groups attached to an aromatic ring is 1. The first-order valence-corrected chi connectivity index (χ1v) is 5.84. The molecule has 0 aliphatic carbocycles. The average molecular weight is 257 g/mol. The van der Waals surface area contributed by atoms with Crippen LogP contribution in [0.1, 0.15) is 23.2 Å². The third-order valence-electron chi connectivity index (χ3n) is 2.24. The summed E-state index contributed by atoms with van der Waals surface area (Å²) in [5, 5.41) is 3.27. The lowest BCUT2D eigenvalue weighted by atomic mass is 10.2. The standard InChI is InChI=1S/C12H17ClN2O2/c1-17-5-3-2-4-15-12(16)9-6-10(13)8-11(14)7-9/h6-8H,2-5,14H2,1H3,(H,15,16). The number of hydrogen-bond acceptors (Lipinski definition) is 3. The van der Waals surface area contributed by atoms with Crippen LogP contribution < -0.4 is 11.1 Å². The Balaban J connectivity index is 2.41. The molecular formula is C12H17ClN2O2. The summed E-state index contributed by atoms with van der Waals surface area (Å²) < 4.78 is 4.92. The highest BCUT2D eigenvalue weighted by molar-refractivity contribution is 6.31. The van der Waals surface area contributed by atoms with Gasteiger partial charge in [-0.2, -0.15) is 0 Å². The SMILES string of the molecule is COCCCCNC(=O)c1cc(N)cc(Cl)c1. The van der Waals surface area contributed by atoms with Crippen molar-refractivity contribution in [2.24, 2.45) is 0 Å². The number of unbranched alkanes of at least 4 members (excludes halogenated alkanes) is 1. The largest absolute Gasteiger partial charge is 0.399 e. The fourth-order valence-corrected chi connectivity index (χ4v) is 1.66. The van der Waals surface area contributed by atoms with Crippen molar-refractivity contribution in [2.75, 3.05) is 26.0 Å². The number of hydrogen-bond donors (Lipinski definition) is 2. The average Bonchev–Trinajstić information content (AvgIpc) is 2.27. The normalized spacial score (nSPS) is 10.2. The first-order chi connectivity index (χ1) is 8.13. The van der Waals surface area contributed by atoms with Gasteiger partial charge in [-0.3, -0.25) is 4.79 Å². The molecule has 0 bridgehead atoms. The summed E-state index contributed by atoms with van der Waals surface area (Å²) in [7, 11) is 1.66. The van der Waals surface area contributed by atoms with Gasteiger partial charge in [0, 0.05) is 36.5 Å². The number of nitrogens with two attached hydrogens (primary N) is 1. The molecule has 0 heterocycles. The minimum atomic E-state index is -0.156. The zero-order valence-corrected chi connectivity index (χ0v) is 10.6. The van der Waals surface area contributed by atoms with Crippen LogP contribution in [0.3, 0.4) is 0 Å². The molecule has 0 aromatic heterocycles. The second-order valence-corrected chi connectivity index (χ2v) is 4.17. The summed E-state index contributed by atoms with van der Waals surface area (Å²) in [6, 6.07) is 4.82. The summed E-state index contributed by atoms with van der Waals surface area (Å²) in [4.78, 5) is 11.7. The Morgan fingerprint density at radius 2 is 2.18 bits per heavy atom. The van der Waals surface area contributed by atoms with E-state index in [0.717, 1.165) is 12.8 Å². The third kappa shape index (κ3) is 5.06. The predicted octanol–water partition coefficient (Wildman–Crippen LogP) is 2.08. The molecule has 3 N–H and O–H groups in total. The third-order valence-corrected chi connectivity index (χ3v) is 2.46. The van der Waals surface area contributed by atoms with Gasteiger partial charge in [-0.1, -0.05) is 11.6 Å². The molecule has 94 valence electrons. The number of carbonyl (C=O) groups excluding carboxylic acids is 1. The lowest BCUT2D eigenvalue weighted by molar-refractivity contribution is 0.0951. The van der Waals surface area contributed by atoms with E-state index in [2.05, 4.69) is 5.32 Å². The van der Waals surface area contributed by atoms with Gasteiger partial charge in [0.15, 0.2) is 0 Å². The minimum Gasteiger partial charge on any atom is -0.399 e. The van der Waals surface area contributed by atoms with Crippen molar-refractivity contribution in [3.05, 3.63) is 28.8 Å². The Labute approximate surface area is 106 Å². The molecule has 0 saturated heterocycles. The van der Waals surface area contributed by atoms with Gasteiger partial charge >= 0.3 is 0 Å². The molecule has 1 rings (SSSR count). The molecule has 0 radical (unpaired) electrons. The van der Waals surface area contributed by atoms with Gasteiger partial charge in [-0.15, -0.1) is 0 Å². The zero-order valence-electron chi connectivity index (χ0n) is 9.83. The van der Waals surface area contributed by atoms with Crippen LogP contribution in [0.15, 0.2) is 18.2 Å². The highest BCUT2D eigenvalue weighted by Crippen LogP contribution is 2.16. The van der Waals surface area contributed by atoms with Crippen LogP contribution in [-0.2, 0) is 4.74 Å². The van der Waals surface area contributed by atoms with Crippen molar-refractivity contribution < 1.29 is 9.53 Å². The predicted molar refractivity (Wildman–Crippen MR) is 69.3 cm³/mol. The highest BCUT2D eigenvalue weighted by Gasteiger charge is 2.06. The van der Waals surface area contributed by atoms with Gasteiger partial charge in [0.1, 0.15) is 0 Å². The topological polar surface area (TPSA) is 64.3 Å². The van der Waals surface area contributed by atoms with Gasteiger partial charge in [-0.05, 0) is 31.0 Å². The second kappa shape index (κ2) is 7.14. The van der Waals surface area contributed by atoms with Crippen LogP contribution in [-0.4, -0.2) is 26.2 Å². The van der Waals surface area contributed by atoms with Crippen LogP contribution in [0.25, 0.3) is 0 Å². The monoisotopic (exact) mass is 256 g/mol. The van der Waals surface area contributed by atoms with Gasteiger partial charge in [-0.25, -0.2) is 0 Å². The Morgan fingerprint density at radius 3 is 2.82 bits per heavy atom. The molecule has 17 heavy (non-hydrogen) atoms. The molecule has 4 nitrogen and oxygen atoms in total. The maximum atomic E-state index is 11.7. The van der Waals surface area contributed by atoms with Gasteiger partial charge < -0.3 is 15.8 Å². The van der Waals surface area contributed by atoms with Crippen molar-refractivity contribution >= 4 is 23.2 Å². The number of nitrogens with one attached hydrogen (secondary N) is 1. The number of rotatable bonds is 6. The van der Waals surface area contributed by atoms with Crippen LogP contribution in [0, 0.1) is 0 Å². The maximum absolute atomic E-state index is 11.7. The fourth-order valence-electron chi connectivity index (χ4n) is 1.42. The number of carbonyl (C=O) groups is 1. The van der Waals surface area contributed by atoms with Crippen molar-refractivity contribution in [1.82, 2.24) is 5.32 Å². The van der Waals surface area contributed by atoms with Crippen LogP contribution in [0.4, 0.5) is 5.69 Å². The van der Waals surface area contributed by atoms with Crippen molar-refractivity contribution in [1.29, 1.82) is 0 Å². The first kappa shape index (κ1) is 13.8. The lowest BCUT2D eigenvalue weighted by Gasteiger charge is -2.06. The Morgan fingerprint density at radius 1 is 1.41 bits per heavy atom. The molecule has 0 aliphatic heterocycles. The zero-order chi connectivity index (χ0) is 12.7. The van der Waals surface area contributed by atoms with E-state index in [1.165, 1.54) is 0 Å². The van der Waals surface area contributed by atoms with Crippen molar-refractivity contribution in [3.63, 3.8) is 0 Å². The van der Waals surface area contributed by atoms with Crippen LogP contribution in [0.2, 0.25) is 5.02 Å². The molecule has 0 aliphatic rings. The fraction of sp³-hybridized carbons (Fsp3) is 0.417. The number of methoxy groups -OCH3 is 1. The van der Waals surface area contributed by atoms with E-state index in [9.17, 15) is 4.79 Å². The number of anilines is 1. The Hall–Kier alpha value is -1.26. The van der Waals surface area contributed by atoms with E-state index >= 15 is 0 Å². The molecule has 5 heteroatoms. The van der Waals surface area contributed by atoms with Crippen molar-refractivity contribution in [3.8, 4) is 0 Å². The van der Waals surface area contributed by atoms with Gasteiger partial charge in [0.2, 0.25) is 0 Å².